The largest absolute Gasteiger partial charge is 0.451 e. The molecule has 1 aromatic carbocycles. The normalized spacial score (nSPS) is 16.4. The minimum atomic E-state index is -0.940. The predicted molar refractivity (Wildman–Crippen MR) is 84.6 cm³/mol. The van der Waals surface area contributed by atoms with Crippen molar-refractivity contribution in [1.29, 1.82) is 0 Å². The third kappa shape index (κ3) is 3.22. The molecule has 2 aromatic rings. The van der Waals surface area contributed by atoms with Crippen LogP contribution in [0.3, 0.4) is 0 Å². The fourth-order valence-corrected chi connectivity index (χ4v) is 3.13. The third-order valence-corrected chi connectivity index (χ3v) is 4.39. The van der Waals surface area contributed by atoms with E-state index in [2.05, 4.69) is 10.9 Å². The smallest absolute Gasteiger partial charge is 0.305 e. The van der Waals surface area contributed by atoms with Crippen LogP contribution >= 0.6 is 0 Å². The molecule has 3 N–H and O–H groups in total. The van der Waals surface area contributed by atoms with Crippen molar-refractivity contribution in [2.45, 2.75) is 44.6 Å². The molecule has 3 rings (SSSR count). The maximum atomic E-state index is 12.2. The molecule has 0 aliphatic heterocycles. The zero-order chi connectivity index (χ0) is 16.4. The molecule has 23 heavy (non-hydrogen) atoms. The van der Waals surface area contributed by atoms with E-state index >= 15 is 0 Å². The van der Waals surface area contributed by atoms with E-state index in [0.29, 0.717) is 18.4 Å². The number of hydrogen-bond acceptors (Lipinski definition) is 4. The number of aryl methyl sites for hydroxylation is 1. The first-order chi connectivity index (χ1) is 11.0. The monoisotopic (exact) mass is 316 g/mol. The maximum Gasteiger partial charge on any atom is 0.305 e. The van der Waals surface area contributed by atoms with Crippen LogP contribution in [0.5, 0.6) is 0 Å². The Kier molecular flexibility index (Phi) is 4.09. The summed E-state index contributed by atoms with van der Waals surface area (Å²) in [6, 6.07) is 7.36. The van der Waals surface area contributed by atoms with Crippen LogP contribution in [0.2, 0.25) is 0 Å². The highest BCUT2D eigenvalue weighted by Crippen LogP contribution is 2.32. The Labute approximate surface area is 133 Å². The summed E-state index contributed by atoms with van der Waals surface area (Å²) >= 11 is 0. The molecule has 6 heteroatoms. The molecule has 1 aliphatic carbocycles. The molecule has 2 amide bonds. The van der Waals surface area contributed by atoms with E-state index in [1.165, 1.54) is 0 Å². The number of amides is 2. The number of hydrogen-bond donors (Lipinski definition) is 3. The summed E-state index contributed by atoms with van der Waals surface area (Å²) in [5.74, 6) is -0.743. The number of benzene rings is 1. The summed E-state index contributed by atoms with van der Waals surface area (Å²) in [5, 5.41) is 11.1. The molecule has 0 spiro atoms. The molecule has 1 aliphatic rings. The molecule has 0 saturated heterocycles. The van der Waals surface area contributed by atoms with Gasteiger partial charge in [0.25, 0.3) is 0 Å². The summed E-state index contributed by atoms with van der Waals surface area (Å²) in [4.78, 5) is 24.1. The van der Waals surface area contributed by atoms with Crippen LogP contribution in [0.1, 0.15) is 48.2 Å². The van der Waals surface area contributed by atoms with Crippen molar-refractivity contribution in [3.63, 3.8) is 0 Å². The summed E-state index contributed by atoms with van der Waals surface area (Å²) in [7, 11) is 0. The van der Waals surface area contributed by atoms with Crippen molar-refractivity contribution in [2.75, 3.05) is 0 Å². The van der Waals surface area contributed by atoms with Crippen molar-refractivity contribution in [3.8, 4) is 0 Å². The quantitative estimate of drug-likeness (QED) is 0.757. The van der Waals surface area contributed by atoms with E-state index in [1.807, 2.05) is 18.2 Å². The average molecular weight is 316 g/mol. The number of carbonyl (C=O) groups excluding carboxylic acids is 2. The van der Waals surface area contributed by atoms with Crippen LogP contribution < -0.4 is 10.9 Å². The van der Waals surface area contributed by atoms with Gasteiger partial charge in [-0.05, 0) is 25.8 Å². The fraction of sp³-hybridized carbons (Fsp3) is 0.412. The van der Waals surface area contributed by atoms with Gasteiger partial charge >= 0.3 is 5.91 Å². The lowest BCUT2D eigenvalue weighted by atomic mass is 9.98. The molecule has 6 nitrogen and oxygen atoms in total. The van der Waals surface area contributed by atoms with Crippen LogP contribution in [0.25, 0.3) is 11.0 Å². The van der Waals surface area contributed by atoms with Gasteiger partial charge in [-0.1, -0.05) is 31.0 Å². The van der Waals surface area contributed by atoms with Crippen molar-refractivity contribution < 1.29 is 19.1 Å². The zero-order valence-corrected chi connectivity index (χ0v) is 13.0. The van der Waals surface area contributed by atoms with Gasteiger partial charge in [-0.2, -0.15) is 0 Å². The Morgan fingerprint density at radius 3 is 2.61 bits per heavy atom. The first-order valence-electron chi connectivity index (χ1n) is 7.78. The van der Waals surface area contributed by atoms with Crippen molar-refractivity contribution >= 4 is 22.8 Å². The van der Waals surface area contributed by atoms with E-state index in [-0.39, 0.29) is 12.2 Å². The van der Waals surface area contributed by atoms with Gasteiger partial charge in [0.15, 0.2) is 5.76 Å². The lowest BCUT2D eigenvalue weighted by molar-refractivity contribution is -0.126. The summed E-state index contributed by atoms with van der Waals surface area (Å²) < 4.78 is 5.53. The second-order valence-electron chi connectivity index (χ2n) is 6.16. The number of furan rings is 1. The highest BCUT2D eigenvalue weighted by Gasteiger charge is 2.33. The van der Waals surface area contributed by atoms with Gasteiger partial charge < -0.3 is 9.52 Å². The third-order valence-electron chi connectivity index (χ3n) is 4.39. The van der Waals surface area contributed by atoms with Gasteiger partial charge in [-0.25, -0.2) is 0 Å². The minimum Gasteiger partial charge on any atom is -0.451 e. The lowest BCUT2D eigenvalue weighted by Crippen LogP contribution is -2.44. The van der Waals surface area contributed by atoms with Crippen molar-refractivity contribution in [3.05, 3.63) is 35.6 Å². The van der Waals surface area contributed by atoms with Gasteiger partial charge in [0.1, 0.15) is 5.58 Å². The SMILES string of the molecule is Cc1c(C(=O)NNC(=O)CC2(O)CCCC2)oc2ccccc12. The molecule has 1 fully saturated rings. The molecule has 1 aromatic heterocycles. The second-order valence-corrected chi connectivity index (χ2v) is 6.16. The van der Waals surface area contributed by atoms with Gasteiger partial charge in [0, 0.05) is 10.9 Å². The van der Waals surface area contributed by atoms with Crippen molar-refractivity contribution in [2.24, 2.45) is 0 Å². The highest BCUT2D eigenvalue weighted by molar-refractivity contribution is 5.99. The van der Waals surface area contributed by atoms with E-state index in [0.717, 1.165) is 23.8 Å². The Bertz CT molecular complexity index is 744. The number of nitrogens with one attached hydrogen (secondary N) is 2. The molecule has 1 saturated carbocycles. The molecular formula is C17H20N2O4. The molecule has 0 radical (unpaired) electrons. The van der Waals surface area contributed by atoms with Gasteiger partial charge in [0.2, 0.25) is 5.91 Å². The number of para-hydroxylation sites is 1. The number of carbonyl (C=O) groups is 2. The summed E-state index contributed by atoms with van der Waals surface area (Å²) in [6.07, 6.45) is 3.09. The van der Waals surface area contributed by atoms with E-state index in [1.54, 1.807) is 13.0 Å². The Morgan fingerprint density at radius 2 is 1.91 bits per heavy atom. The van der Waals surface area contributed by atoms with Crippen LogP contribution in [0, 0.1) is 6.92 Å². The molecule has 0 unspecified atom stereocenters. The molecule has 0 bridgehead atoms. The number of hydrazine groups is 1. The number of fused-ring (bicyclic) bond motifs is 1. The molecule has 1 heterocycles. The van der Waals surface area contributed by atoms with E-state index in [9.17, 15) is 14.7 Å². The Hall–Kier alpha value is -2.34. The van der Waals surface area contributed by atoms with Crippen LogP contribution in [-0.2, 0) is 4.79 Å². The molecule has 122 valence electrons. The first-order valence-corrected chi connectivity index (χ1v) is 7.78. The van der Waals surface area contributed by atoms with Gasteiger partial charge in [0.05, 0.1) is 12.0 Å². The van der Waals surface area contributed by atoms with Crippen LogP contribution in [0.4, 0.5) is 0 Å². The Morgan fingerprint density at radius 1 is 1.22 bits per heavy atom. The fourth-order valence-electron chi connectivity index (χ4n) is 3.13. The highest BCUT2D eigenvalue weighted by atomic mass is 16.3. The van der Waals surface area contributed by atoms with Gasteiger partial charge in [-0.3, -0.25) is 20.4 Å². The summed E-state index contributed by atoms with van der Waals surface area (Å²) in [5.41, 5.74) is 5.10. The first kappa shape index (κ1) is 15.6. The lowest BCUT2D eigenvalue weighted by Gasteiger charge is -2.21. The second kappa shape index (κ2) is 6.04. The van der Waals surface area contributed by atoms with Crippen molar-refractivity contribution in [1.82, 2.24) is 10.9 Å². The minimum absolute atomic E-state index is 0.00755. The van der Waals surface area contributed by atoms with E-state index < -0.39 is 17.4 Å². The van der Waals surface area contributed by atoms with Gasteiger partial charge in [-0.15, -0.1) is 0 Å². The summed E-state index contributed by atoms with van der Waals surface area (Å²) in [6.45, 7) is 1.80. The maximum absolute atomic E-state index is 12.2. The molecule has 0 atom stereocenters. The average Bonchev–Trinajstić information content (AvgIpc) is 3.09. The van der Waals surface area contributed by atoms with E-state index in [4.69, 9.17) is 4.42 Å². The predicted octanol–water partition coefficient (Wildman–Crippen LogP) is 2.20. The topological polar surface area (TPSA) is 91.6 Å². The van der Waals surface area contributed by atoms with Crippen LogP contribution in [-0.4, -0.2) is 22.5 Å². The number of rotatable bonds is 3. The number of aliphatic hydroxyl groups is 1. The Balaban J connectivity index is 1.62. The zero-order valence-electron chi connectivity index (χ0n) is 13.0. The van der Waals surface area contributed by atoms with Crippen LogP contribution in [0.15, 0.2) is 28.7 Å². The molecular weight excluding hydrogens is 296 g/mol. The standard InChI is InChI=1S/C17H20N2O4/c1-11-12-6-2-3-7-13(12)23-15(11)16(21)19-18-14(20)10-17(22)8-4-5-9-17/h2-3,6-7,22H,4-5,8-10H2,1H3,(H,18,20)(H,19,21).